The molecular weight excluding hydrogens is 513 g/mol. The van der Waals surface area contributed by atoms with Crippen LogP contribution in [0, 0.1) is 16.2 Å². The third-order valence-corrected chi connectivity index (χ3v) is 4.97. The van der Waals surface area contributed by atoms with E-state index in [2.05, 4.69) is 22.0 Å². The van der Waals surface area contributed by atoms with E-state index in [4.69, 9.17) is 0 Å². The normalized spacial score (nSPS) is 14.9. The lowest BCUT2D eigenvalue weighted by molar-refractivity contribution is -0.389. The van der Waals surface area contributed by atoms with Crippen LogP contribution in [0.3, 0.4) is 0 Å². The van der Waals surface area contributed by atoms with Crippen molar-refractivity contribution in [1.29, 1.82) is 0 Å². The minimum atomic E-state index is -6.89. The zero-order valence-corrected chi connectivity index (χ0v) is 16.7. The van der Waals surface area contributed by atoms with Crippen molar-refractivity contribution in [3.05, 3.63) is 62.1 Å². The van der Waals surface area contributed by atoms with Crippen LogP contribution in [0.25, 0.3) is 11.1 Å². The zero-order chi connectivity index (χ0) is 24.0. The van der Waals surface area contributed by atoms with Crippen molar-refractivity contribution in [2.45, 2.75) is 37.3 Å². The van der Waals surface area contributed by atoms with E-state index in [-0.39, 0.29) is 18.1 Å². The number of nitrogens with zero attached hydrogens (tertiary/aromatic N) is 1. The molecule has 3 nitrogen and oxygen atoms in total. The Bertz CT molecular complexity index is 987. The molecule has 0 heterocycles. The van der Waals surface area contributed by atoms with Crippen molar-refractivity contribution in [3.8, 4) is 11.1 Å². The average Bonchev–Trinajstić information content (AvgIpc) is 2.64. The van der Waals surface area contributed by atoms with Gasteiger partial charge < -0.3 is 0 Å². The average molecular weight is 523 g/mol. The van der Waals surface area contributed by atoms with Crippen molar-refractivity contribution >= 4 is 21.6 Å². The number of rotatable bonds is 5. The van der Waals surface area contributed by atoms with Crippen molar-refractivity contribution in [2.24, 2.45) is 0 Å². The van der Waals surface area contributed by atoms with Gasteiger partial charge in [0.1, 0.15) is 0 Å². The summed E-state index contributed by atoms with van der Waals surface area (Å²) in [5.74, 6) is -6.86. The van der Waals surface area contributed by atoms with Gasteiger partial charge in [-0.05, 0) is 45.6 Å². The molecule has 0 aliphatic rings. The van der Waals surface area contributed by atoms with Crippen LogP contribution >= 0.6 is 15.9 Å². The Balaban J connectivity index is 2.99. The van der Waals surface area contributed by atoms with Crippen molar-refractivity contribution < 1.29 is 44.4 Å². The molecule has 1 unspecified atom stereocenters. The van der Waals surface area contributed by atoms with Crippen LogP contribution in [0.15, 0.2) is 34.8 Å². The molecule has 31 heavy (non-hydrogen) atoms. The Hall–Kier alpha value is -2.31. The monoisotopic (exact) mass is 522 g/mol. The molecule has 0 spiro atoms. The molecular formula is C18H10BrF9NO2. The molecule has 2 rings (SSSR count). The van der Waals surface area contributed by atoms with Crippen molar-refractivity contribution in [1.82, 2.24) is 0 Å². The molecule has 0 saturated carbocycles. The summed E-state index contributed by atoms with van der Waals surface area (Å²) in [7, 11) is 0. The number of hydrogen-bond acceptors (Lipinski definition) is 2. The first kappa shape index (κ1) is 25.0. The second-order valence-electron chi connectivity index (χ2n) is 6.28. The first-order valence-corrected chi connectivity index (χ1v) is 8.98. The Labute approximate surface area is 177 Å². The molecule has 0 bridgehead atoms. The second kappa shape index (κ2) is 7.99. The number of benzene rings is 2. The summed E-state index contributed by atoms with van der Waals surface area (Å²) in [4.78, 5) is 9.88. The minimum absolute atomic E-state index is 0.169. The molecule has 0 aliphatic carbocycles. The van der Waals surface area contributed by atoms with E-state index in [0.717, 1.165) is 24.3 Å². The van der Waals surface area contributed by atoms with E-state index >= 15 is 4.39 Å². The first-order chi connectivity index (χ1) is 14.0. The maximum absolute atomic E-state index is 15.2. The van der Waals surface area contributed by atoms with Crippen LogP contribution in [0.2, 0.25) is 0 Å². The summed E-state index contributed by atoms with van der Waals surface area (Å²) in [5, 5.41) is 10.8. The Morgan fingerprint density at radius 3 is 1.87 bits per heavy atom. The number of nitro benzene ring substituents is 1. The highest BCUT2D eigenvalue weighted by atomic mass is 79.9. The summed E-state index contributed by atoms with van der Waals surface area (Å²) in [6.45, 7) is 1.34. The number of nitro groups is 1. The van der Waals surface area contributed by atoms with Gasteiger partial charge in [0.2, 0.25) is 0 Å². The summed E-state index contributed by atoms with van der Waals surface area (Å²) in [6.07, 6.45) is -13.7. The molecule has 0 N–H and O–H groups in total. The molecule has 2 aromatic rings. The topological polar surface area (TPSA) is 43.1 Å². The highest BCUT2D eigenvalue weighted by Crippen LogP contribution is 2.60. The molecule has 1 radical (unpaired) electrons. The highest BCUT2D eigenvalue weighted by Gasteiger charge is 2.82. The molecule has 0 saturated heterocycles. The molecule has 0 aromatic heterocycles. The highest BCUT2D eigenvalue weighted by molar-refractivity contribution is 9.10. The number of halogens is 10. The molecule has 13 heteroatoms. The number of alkyl halides is 9. The molecule has 1 atom stereocenters. The van der Waals surface area contributed by atoms with E-state index in [1.165, 1.54) is 6.92 Å². The third kappa shape index (κ3) is 4.11. The van der Waals surface area contributed by atoms with E-state index in [9.17, 15) is 45.2 Å². The lowest BCUT2D eigenvalue weighted by atomic mass is 9.81. The fraction of sp³-hybridized carbons (Fsp3) is 0.333. The Kier molecular flexibility index (Phi) is 6.43. The maximum atomic E-state index is 15.2. The minimum Gasteiger partial charge on any atom is -0.258 e. The fourth-order valence-corrected chi connectivity index (χ4v) is 3.49. The van der Waals surface area contributed by atoms with Gasteiger partial charge in [-0.2, -0.15) is 35.1 Å². The molecule has 0 fully saturated rings. The van der Waals surface area contributed by atoms with E-state index in [1.54, 1.807) is 0 Å². The lowest BCUT2D eigenvalue weighted by Gasteiger charge is -2.37. The van der Waals surface area contributed by atoms with E-state index in [1.807, 2.05) is 0 Å². The maximum Gasteiger partial charge on any atom is 0.457 e. The summed E-state index contributed by atoms with van der Waals surface area (Å²) >= 11 is 2.75. The standard InChI is InChI=1S/C18H10BrF9NO2/c1-2-9-7-12(15(20,17(23,24)25)16(21,22)18(26,27)28)14(13(19)8-9)10-3-5-11(6-4-10)29(30)31/h3-7H,2H2,1H3. The number of aryl methyl sites for hydroxylation is 1. The second-order valence-corrected chi connectivity index (χ2v) is 7.08. The molecule has 0 amide bonds. The zero-order valence-electron chi connectivity index (χ0n) is 15.1. The van der Waals surface area contributed by atoms with Crippen LogP contribution in [-0.2, 0) is 12.1 Å². The summed E-state index contributed by atoms with van der Waals surface area (Å²) in [6, 6.07) is 5.80. The lowest BCUT2D eigenvalue weighted by Crippen LogP contribution is -2.60. The van der Waals surface area contributed by atoms with Crippen LogP contribution in [0.5, 0.6) is 0 Å². The molecule has 0 aliphatic heterocycles. The van der Waals surface area contributed by atoms with Crippen LogP contribution < -0.4 is 0 Å². The summed E-state index contributed by atoms with van der Waals surface area (Å²) in [5.41, 5.74) is -10.5. The predicted octanol–water partition coefficient (Wildman–Crippen LogP) is 7.31. The van der Waals surface area contributed by atoms with Crippen LogP contribution in [0.4, 0.5) is 45.2 Å². The van der Waals surface area contributed by atoms with Gasteiger partial charge in [-0.15, -0.1) is 0 Å². The Morgan fingerprint density at radius 1 is 0.968 bits per heavy atom. The quantitative estimate of drug-likeness (QED) is 0.234. The van der Waals surface area contributed by atoms with Crippen LogP contribution in [0.1, 0.15) is 18.1 Å². The molecule has 2 aromatic carbocycles. The van der Waals surface area contributed by atoms with Gasteiger partial charge in [-0.25, -0.2) is 4.39 Å². The van der Waals surface area contributed by atoms with Crippen LogP contribution in [-0.4, -0.2) is 23.2 Å². The third-order valence-electron chi connectivity index (χ3n) is 4.38. The van der Waals surface area contributed by atoms with Gasteiger partial charge in [-0.1, -0.05) is 13.0 Å². The number of non-ortho nitro benzene ring substituents is 1. The van der Waals surface area contributed by atoms with E-state index < -0.39 is 55.7 Å². The van der Waals surface area contributed by atoms with Gasteiger partial charge in [0.15, 0.2) is 0 Å². The first-order valence-electron chi connectivity index (χ1n) is 8.19. The smallest absolute Gasteiger partial charge is 0.258 e. The van der Waals surface area contributed by atoms with Gasteiger partial charge in [0, 0.05) is 33.8 Å². The number of hydrogen-bond donors (Lipinski definition) is 0. The van der Waals surface area contributed by atoms with Gasteiger partial charge in [0.05, 0.1) is 4.92 Å². The fourth-order valence-electron chi connectivity index (χ4n) is 2.79. The predicted molar refractivity (Wildman–Crippen MR) is 94.3 cm³/mol. The van der Waals surface area contributed by atoms with Gasteiger partial charge >= 0.3 is 23.9 Å². The molecule has 169 valence electrons. The Morgan fingerprint density at radius 2 is 1.48 bits per heavy atom. The SMILES string of the molecule is CCc1[c]c(Br)c(-c2ccc([N+](=O)[O-])cc2)c(C(F)(C(F)(F)F)C(F)(F)C(F)(F)F)c1. The van der Waals surface area contributed by atoms with Crippen molar-refractivity contribution in [2.75, 3.05) is 0 Å². The van der Waals surface area contributed by atoms with E-state index in [0.29, 0.717) is 0 Å². The summed E-state index contributed by atoms with van der Waals surface area (Å²) < 4.78 is 122. The van der Waals surface area contributed by atoms with Crippen molar-refractivity contribution in [3.63, 3.8) is 0 Å². The largest absolute Gasteiger partial charge is 0.457 e. The van der Waals surface area contributed by atoms with Gasteiger partial charge in [0.25, 0.3) is 5.69 Å². The van der Waals surface area contributed by atoms with Gasteiger partial charge in [-0.3, -0.25) is 10.1 Å².